The summed E-state index contributed by atoms with van der Waals surface area (Å²) in [7, 11) is 1.81. The van der Waals surface area contributed by atoms with Gasteiger partial charge in [0.2, 0.25) is 0 Å². The molecule has 0 radical (unpaired) electrons. The molecule has 2 unspecified atom stereocenters. The van der Waals surface area contributed by atoms with Gasteiger partial charge in [0.25, 0.3) is 0 Å². The van der Waals surface area contributed by atoms with Crippen molar-refractivity contribution in [3.63, 3.8) is 0 Å². The van der Waals surface area contributed by atoms with Gasteiger partial charge >= 0.3 is 0 Å². The fraction of sp³-hybridized carbons (Fsp3) is 0.538. The fourth-order valence-corrected chi connectivity index (χ4v) is 3.56. The van der Waals surface area contributed by atoms with Gasteiger partial charge in [0.1, 0.15) is 0 Å². The first-order chi connectivity index (χ1) is 8.20. The molecule has 0 bridgehead atoms. The third-order valence-corrected chi connectivity index (χ3v) is 4.59. The maximum atomic E-state index is 5.46. The van der Waals surface area contributed by atoms with Gasteiger partial charge in [-0.1, -0.05) is 6.07 Å². The summed E-state index contributed by atoms with van der Waals surface area (Å²) in [6.45, 7) is 0. The van der Waals surface area contributed by atoms with E-state index in [1.807, 2.05) is 6.07 Å². The minimum Gasteiger partial charge on any atom is -0.381 e. The summed E-state index contributed by atoms with van der Waals surface area (Å²) >= 11 is 7.16. The molecule has 1 saturated carbocycles. The van der Waals surface area contributed by atoms with Gasteiger partial charge in [-0.2, -0.15) is 0 Å². The fourth-order valence-electron chi connectivity index (χ4n) is 2.33. The number of hydrogen-bond donors (Lipinski definition) is 1. The molecule has 2 atom stereocenters. The molecular formula is C13H17Br2NO. The van der Waals surface area contributed by atoms with E-state index in [9.17, 15) is 0 Å². The summed E-state index contributed by atoms with van der Waals surface area (Å²) in [5, 5.41) is 3.61. The molecule has 2 nitrogen and oxygen atoms in total. The van der Waals surface area contributed by atoms with E-state index in [1.165, 1.54) is 19.3 Å². The third-order valence-electron chi connectivity index (χ3n) is 3.27. The molecule has 1 N–H and O–H groups in total. The van der Waals surface area contributed by atoms with Crippen LogP contribution in [-0.4, -0.2) is 19.3 Å². The summed E-state index contributed by atoms with van der Waals surface area (Å²) in [4.78, 5) is 0. The van der Waals surface area contributed by atoms with Crippen molar-refractivity contribution in [1.29, 1.82) is 0 Å². The summed E-state index contributed by atoms with van der Waals surface area (Å²) in [5.74, 6) is 0. The number of benzene rings is 1. The molecule has 0 saturated heterocycles. The SMILES string of the molecule is COC1CCCC(Nc2c(Br)cccc2Br)C1. The summed E-state index contributed by atoms with van der Waals surface area (Å²) in [6.07, 6.45) is 5.13. The van der Waals surface area contributed by atoms with Crippen LogP contribution in [0.5, 0.6) is 0 Å². The maximum absolute atomic E-state index is 5.46. The van der Waals surface area contributed by atoms with E-state index >= 15 is 0 Å². The number of hydrogen-bond acceptors (Lipinski definition) is 2. The average molecular weight is 363 g/mol. The molecule has 0 aromatic heterocycles. The van der Waals surface area contributed by atoms with Crippen molar-refractivity contribution in [3.05, 3.63) is 27.1 Å². The van der Waals surface area contributed by atoms with Crippen LogP contribution in [-0.2, 0) is 4.74 Å². The summed E-state index contributed by atoms with van der Waals surface area (Å²) in [5.41, 5.74) is 1.15. The minimum absolute atomic E-state index is 0.405. The van der Waals surface area contributed by atoms with Crippen molar-refractivity contribution < 1.29 is 4.74 Å². The Balaban J connectivity index is 2.05. The normalized spacial score (nSPS) is 24.6. The molecule has 17 heavy (non-hydrogen) atoms. The van der Waals surface area contributed by atoms with Crippen molar-refractivity contribution in [3.8, 4) is 0 Å². The Bertz CT molecular complexity index is 363. The zero-order valence-corrected chi connectivity index (χ0v) is 13.1. The first-order valence-electron chi connectivity index (χ1n) is 5.94. The van der Waals surface area contributed by atoms with Gasteiger partial charge in [-0.05, 0) is 69.7 Å². The van der Waals surface area contributed by atoms with E-state index in [0.717, 1.165) is 21.1 Å². The Morgan fingerprint density at radius 3 is 2.59 bits per heavy atom. The number of halogens is 2. The van der Waals surface area contributed by atoms with E-state index < -0.39 is 0 Å². The Labute approximate surface area is 119 Å². The van der Waals surface area contributed by atoms with Crippen LogP contribution in [0.2, 0.25) is 0 Å². The van der Waals surface area contributed by atoms with E-state index in [0.29, 0.717) is 12.1 Å². The molecular weight excluding hydrogens is 346 g/mol. The molecule has 0 heterocycles. The lowest BCUT2D eigenvalue weighted by atomic mass is 9.92. The Morgan fingerprint density at radius 1 is 1.24 bits per heavy atom. The van der Waals surface area contributed by atoms with Gasteiger partial charge < -0.3 is 10.1 Å². The van der Waals surface area contributed by atoms with Crippen LogP contribution in [0.15, 0.2) is 27.1 Å². The zero-order chi connectivity index (χ0) is 12.3. The van der Waals surface area contributed by atoms with Crippen molar-refractivity contribution in [2.45, 2.75) is 37.8 Å². The van der Waals surface area contributed by atoms with Crippen molar-refractivity contribution in [1.82, 2.24) is 0 Å². The van der Waals surface area contributed by atoms with Gasteiger partial charge in [0.05, 0.1) is 11.8 Å². The van der Waals surface area contributed by atoms with Crippen LogP contribution in [0.25, 0.3) is 0 Å². The van der Waals surface area contributed by atoms with Crippen LogP contribution in [0.1, 0.15) is 25.7 Å². The number of anilines is 1. The lowest BCUT2D eigenvalue weighted by Gasteiger charge is -2.30. The molecule has 1 aromatic rings. The highest BCUT2D eigenvalue weighted by atomic mass is 79.9. The maximum Gasteiger partial charge on any atom is 0.0631 e. The number of nitrogens with one attached hydrogen (secondary N) is 1. The molecule has 0 amide bonds. The van der Waals surface area contributed by atoms with E-state index in [2.05, 4.69) is 49.3 Å². The second kappa shape index (κ2) is 6.21. The minimum atomic E-state index is 0.405. The molecule has 0 aliphatic heterocycles. The van der Waals surface area contributed by atoms with Crippen LogP contribution in [0.4, 0.5) is 5.69 Å². The largest absolute Gasteiger partial charge is 0.381 e. The molecule has 0 spiro atoms. The standard InChI is InChI=1S/C13H17Br2NO/c1-17-10-5-2-4-9(8-10)16-13-11(14)6-3-7-12(13)15/h3,6-7,9-10,16H,2,4-5,8H2,1H3. The monoisotopic (exact) mass is 361 g/mol. The third kappa shape index (κ3) is 3.46. The number of methoxy groups -OCH3 is 1. The molecule has 2 rings (SSSR count). The number of rotatable bonds is 3. The van der Waals surface area contributed by atoms with Crippen molar-refractivity contribution in [2.75, 3.05) is 12.4 Å². The first kappa shape index (κ1) is 13.4. The molecule has 1 aliphatic rings. The number of ether oxygens (including phenoxy) is 1. The first-order valence-corrected chi connectivity index (χ1v) is 7.52. The molecule has 1 aliphatic carbocycles. The lowest BCUT2D eigenvalue weighted by Crippen LogP contribution is -2.31. The Morgan fingerprint density at radius 2 is 1.94 bits per heavy atom. The zero-order valence-electron chi connectivity index (χ0n) is 9.88. The lowest BCUT2D eigenvalue weighted by molar-refractivity contribution is 0.0669. The van der Waals surface area contributed by atoms with Crippen LogP contribution >= 0.6 is 31.9 Å². The molecule has 94 valence electrons. The molecule has 1 fully saturated rings. The Hall–Kier alpha value is -0.0600. The molecule has 1 aromatic carbocycles. The second-order valence-electron chi connectivity index (χ2n) is 4.46. The van der Waals surface area contributed by atoms with Crippen LogP contribution in [0, 0.1) is 0 Å². The Kier molecular flexibility index (Phi) is 4.88. The van der Waals surface area contributed by atoms with Gasteiger partial charge in [-0.3, -0.25) is 0 Å². The summed E-state index contributed by atoms with van der Waals surface area (Å²) < 4.78 is 7.66. The average Bonchev–Trinajstić information content (AvgIpc) is 2.34. The van der Waals surface area contributed by atoms with E-state index in [1.54, 1.807) is 7.11 Å². The van der Waals surface area contributed by atoms with Crippen molar-refractivity contribution in [2.24, 2.45) is 0 Å². The molecule has 4 heteroatoms. The predicted molar refractivity (Wildman–Crippen MR) is 78.5 cm³/mol. The van der Waals surface area contributed by atoms with Gasteiger partial charge in [-0.25, -0.2) is 0 Å². The predicted octanol–water partition coefficient (Wildman–Crippen LogP) is 4.58. The highest BCUT2D eigenvalue weighted by molar-refractivity contribution is 9.11. The quantitative estimate of drug-likeness (QED) is 0.849. The topological polar surface area (TPSA) is 21.3 Å². The van der Waals surface area contributed by atoms with Gasteiger partial charge in [0.15, 0.2) is 0 Å². The van der Waals surface area contributed by atoms with Crippen LogP contribution in [0.3, 0.4) is 0 Å². The van der Waals surface area contributed by atoms with E-state index in [4.69, 9.17) is 4.74 Å². The highest BCUT2D eigenvalue weighted by Crippen LogP contribution is 2.33. The highest BCUT2D eigenvalue weighted by Gasteiger charge is 2.22. The van der Waals surface area contributed by atoms with Crippen molar-refractivity contribution >= 4 is 37.5 Å². The summed E-state index contributed by atoms with van der Waals surface area (Å²) in [6, 6.07) is 6.65. The van der Waals surface area contributed by atoms with Crippen LogP contribution < -0.4 is 5.32 Å². The second-order valence-corrected chi connectivity index (χ2v) is 6.17. The van der Waals surface area contributed by atoms with Gasteiger partial charge in [-0.15, -0.1) is 0 Å². The number of para-hydroxylation sites is 1. The smallest absolute Gasteiger partial charge is 0.0631 e. The van der Waals surface area contributed by atoms with E-state index in [-0.39, 0.29) is 0 Å². The van der Waals surface area contributed by atoms with Gasteiger partial charge in [0, 0.05) is 22.1 Å².